The molecule has 162 valence electrons. The van der Waals surface area contributed by atoms with Crippen LogP contribution in [-0.2, 0) is 9.53 Å². The molecule has 1 aliphatic carbocycles. The van der Waals surface area contributed by atoms with E-state index in [1.807, 2.05) is 66.9 Å². The summed E-state index contributed by atoms with van der Waals surface area (Å²) in [6, 6.07) is 9.32. The Bertz CT molecular complexity index is 1170. The molecule has 0 saturated carbocycles. The van der Waals surface area contributed by atoms with Crippen molar-refractivity contribution in [3.8, 4) is 5.69 Å². The standard InChI is InChI=1S/C25H24N4O3/c1-2-32-24(31)21-15-25-18(11-13-26-21)5-3-6-22(25)27-16-20(25)23(30)17-7-9-19(10-8-17)29-14-4-12-28-29/h3-12,14-15,20,26-27H,2,13,16H2,1H3. The first-order valence-corrected chi connectivity index (χ1v) is 10.7. The van der Waals surface area contributed by atoms with Gasteiger partial charge in [-0.05, 0) is 55.0 Å². The van der Waals surface area contributed by atoms with Gasteiger partial charge in [0.15, 0.2) is 5.78 Å². The molecule has 5 rings (SSSR count). The van der Waals surface area contributed by atoms with Crippen LogP contribution in [0.25, 0.3) is 5.69 Å². The van der Waals surface area contributed by atoms with Gasteiger partial charge in [0.2, 0.25) is 0 Å². The summed E-state index contributed by atoms with van der Waals surface area (Å²) in [6.07, 6.45) is 13.5. The first-order valence-electron chi connectivity index (χ1n) is 10.7. The fourth-order valence-electron chi connectivity index (χ4n) is 4.74. The van der Waals surface area contributed by atoms with Crippen LogP contribution < -0.4 is 10.6 Å². The zero-order valence-corrected chi connectivity index (χ0v) is 17.7. The Kier molecular flexibility index (Phi) is 5.01. The third-order valence-corrected chi connectivity index (χ3v) is 6.23. The van der Waals surface area contributed by atoms with Crippen molar-refractivity contribution in [2.75, 3.05) is 19.7 Å². The number of esters is 1. The lowest BCUT2D eigenvalue weighted by atomic mass is 9.65. The van der Waals surface area contributed by atoms with Crippen molar-refractivity contribution < 1.29 is 14.3 Å². The van der Waals surface area contributed by atoms with Crippen LogP contribution in [-0.4, -0.2) is 41.2 Å². The number of benzene rings is 1. The fourth-order valence-corrected chi connectivity index (χ4v) is 4.74. The molecule has 0 bridgehead atoms. The molecular weight excluding hydrogens is 404 g/mol. The van der Waals surface area contributed by atoms with Gasteiger partial charge < -0.3 is 15.4 Å². The van der Waals surface area contributed by atoms with Gasteiger partial charge in [-0.25, -0.2) is 9.48 Å². The second-order valence-electron chi connectivity index (χ2n) is 7.92. The van der Waals surface area contributed by atoms with Crippen molar-refractivity contribution in [1.82, 2.24) is 20.4 Å². The minimum atomic E-state index is -0.738. The summed E-state index contributed by atoms with van der Waals surface area (Å²) < 4.78 is 7.00. The molecule has 32 heavy (non-hydrogen) atoms. The lowest BCUT2D eigenvalue weighted by Gasteiger charge is -2.35. The lowest BCUT2D eigenvalue weighted by molar-refractivity contribution is -0.139. The van der Waals surface area contributed by atoms with Crippen LogP contribution in [0.15, 0.2) is 90.1 Å². The van der Waals surface area contributed by atoms with Gasteiger partial charge in [-0.3, -0.25) is 4.79 Å². The average Bonchev–Trinajstić information content (AvgIpc) is 3.42. The molecule has 3 heterocycles. The summed E-state index contributed by atoms with van der Waals surface area (Å²) in [5.41, 5.74) is 3.08. The van der Waals surface area contributed by atoms with Gasteiger partial charge in [0.05, 0.1) is 23.6 Å². The number of hydrogen-bond acceptors (Lipinski definition) is 6. The molecule has 1 fully saturated rings. The third kappa shape index (κ3) is 3.17. The summed E-state index contributed by atoms with van der Waals surface area (Å²) in [6.45, 7) is 3.04. The monoisotopic (exact) mass is 428 g/mol. The number of rotatable bonds is 5. The minimum absolute atomic E-state index is 0.0236. The summed E-state index contributed by atoms with van der Waals surface area (Å²) in [5, 5.41) is 10.8. The van der Waals surface area contributed by atoms with Crippen molar-refractivity contribution in [2.45, 2.75) is 6.92 Å². The van der Waals surface area contributed by atoms with E-state index in [1.165, 1.54) is 0 Å². The lowest BCUT2D eigenvalue weighted by Crippen LogP contribution is -2.35. The Labute approximate surface area is 186 Å². The van der Waals surface area contributed by atoms with E-state index in [0.29, 0.717) is 24.4 Å². The predicted octanol–water partition coefficient (Wildman–Crippen LogP) is 2.69. The van der Waals surface area contributed by atoms with Crippen molar-refractivity contribution in [3.63, 3.8) is 0 Å². The van der Waals surface area contributed by atoms with E-state index in [9.17, 15) is 9.59 Å². The van der Waals surface area contributed by atoms with Crippen LogP contribution >= 0.6 is 0 Å². The Morgan fingerprint density at radius 2 is 2.09 bits per heavy atom. The highest BCUT2D eigenvalue weighted by atomic mass is 16.5. The molecule has 1 aromatic heterocycles. The third-order valence-electron chi connectivity index (χ3n) is 6.23. The number of aromatic nitrogens is 2. The zero-order chi connectivity index (χ0) is 22.1. The molecular formula is C25H24N4O3. The van der Waals surface area contributed by atoms with Crippen molar-refractivity contribution in [2.24, 2.45) is 11.3 Å². The number of allylic oxidation sites excluding steroid dienone is 4. The normalized spacial score (nSPS) is 23.4. The van der Waals surface area contributed by atoms with E-state index in [1.54, 1.807) is 17.8 Å². The van der Waals surface area contributed by atoms with E-state index in [2.05, 4.69) is 15.7 Å². The largest absolute Gasteiger partial charge is 0.461 e. The molecule has 1 spiro atoms. The van der Waals surface area contributed by atoms with Crippen molar-refractivity contribution in [3.05, 3.63) is 95.6 Å². The van der Waals surface area contributed by atoms with Crippen LogP contribution in [0.3, 0.4) is 0 Å². The molecule has 1 aromatic carbocycles. The number of hydrogen-bond donors (Lipinski definition) is 2. The second-order valence-corrected chi connectivity index (χ2v) is 7.92. The van der Waals surface area contributed by atoms with Gasteiger partial charge in [0.1, 0.15) is 5.70 Å². The van der Waals surface area contributed by atoms with Crippen LogP contribution in [0.1, 0.15) is 17.3 Å². The summed E-state index contributed by atoms with van der Waals surface area (Å²) in [7, 11) is 0. The number of ether oxygens (including phenoxy) is 1. The first kappa shape index (κ1) is 20.1. The molecule has 2 aromatic rings. The predicted molar refractivity (Wildman–Crippen MR) is 120 cm³/mol. The summed E-state index contributed by atoms with van der Waals surface area (Å²) in [4.78, 5) is 26.3. The molecule has 2 aliphatic heterocycles. The highest BCUT2D eigenvalue weighted by Gasteiger charge is 2.52. The molecule has 2 atom stereocenters. The van der Waals surface area contributed by atoms with Crippen LogP contribution in [0, 0.1) is 11.3 Å². The average molecular weight is 428 g/mol. The van der Waals surface area contributed by atoms with Gasteiger partial charge >= 0.3 is 5.97 Å². The van der Waals surface area contributed by atoms with E-state index in [-0.39, 0.29) is 12.4 Å². The Morgan fingerprint density at radius 3 is 2.84 bits per heavy atom. The van der Waals surface area contributed by atoms with Crippen LogP contribution in [0.5, 0.6) is 0 Å². The minimum Gasteiger partial charge on any atom is -0.461 e. The van der Waals surface area contributed by atoms with Gasteiger partial charge in [0, 0.05) is 36.7 Å². The van der Waals surface area contributed by atoms with Crippen molar-refractivity contribution >= 4 is 11.8 Å². The van der Waals surface area contributed by atoms with Crippen molar-refractivity contribution in [1.29, 1.82) is 0 Å². The van der Waals surface area contributed by atoms with E-state index < -0.39 is 17.3 Å². The quantitative estimate of drug-likeness (QED) is 0.563. The van der Waals surface area contributed by atoms with Crippen LogP contribution in [0.2, 0.25) is 0 Å². The molecule has 2 N–H and O–H groups in total. The molecule has 7 heteroatoms. The van der Waals surface area contributed by atoms with E-state index in [4.69, 9.17) is 4.74 Å². The fraction of sp³-hybridized carbons (Fsp3) is 0.240. The first-order chi connectivity index (χ1) is 15.6. The number of nitrogens with zero attached hydrogens (tertiary/aromatic N) is 2. The number of carbonyl (C=O) groups excluding carboxylic acids is 2. The Morgan fingerprint density at radius 1 is 1.25 bits per heavy atom. The molecule has 0 amide bonds. The van der Waals surface area contributed by atoms with Gasteiger partial charge in [-0.2, -0.15) is 5.10 Å². The summed E-state index contributed by atoms with van der Waals surface area (Å²) >= 11 is 0. The number of Topliss-reactive ketones (excluding diaryl/α,β-unsaturated/α-hetero) is 1. The number of ketones is 1. The van der Waals surface area contributed by atoms with Crippen LogP contribution in [0.4, 0.5) is 0 Å². The number of carbonyl (C=O) groups is 2. The second kappa shape index (κ2) is 8.00. The molecule has 7 nitrogen and oxygen atoms in total. The SMILES string of the molecule is CCOC(=O)C1=CC23C(=CCN1)C=CC=C2NCC3C(=O)c1ccc(-n2cccn2)cc1. The maximum atomic E-state index is 13.8. The zero-order valence-electron chi connectivity index (χ0n) is 17.7. The maximum Gasteiger partial charge on any atom is 0.354 e. The Hall–Kier alpha value is -3.87. The molecule has 2 unspecified atom stereocenters. The van der Waals surface area contributed by atoms with Gasteiger partial charge in [-0.1, -0.05) is 18.2 Å². The van der Waals surface area contributed by atoms with Gasteiger partial charge in [-0.15, -0.1) is 0 Å². The molecule has 3 aliphatic rings. The van der Waals surface area contributed by atoms with E-state index in [0.717, 1.165) is 17.0 Å². The Balaban J connectivity index is 1.54. The highest BCUT2D eigenvalue weighted by molar-refractivity contribution is 6.00. The molecule has 0 radical (unpaired) electrons. The smallest absolute Gasteiger partial charge is 0.354 e. The number of nitrogens with one attached hydrogen (secondary N) is 2. The highest BCUT2D eigenvalue weighted by Crippen LogP contribution is 2.51. The van der Waals surface area contributed by atoms with Gasteiger partial charge in [0.25, 0.3) is 0 Å². The summed E-state index contributed by atoms with van der Waals surface area (Å²) in [5.74, 6) is -0.785. The topological polar surface area (TPSA) is 85.3 Å². The molecule has 1 saturated heterocycles. The maximum absolute atomic E-state index is 13.8. The van der Waals surface area contributed by atoms with E-state index >= 15 is 0 Å².